The number of hydrogen-bond donors (Lipinski definition) is 0. The first kappa shape index (κ1) is 17.3. The number of ether oxygens (including phenoxy) is 2. The van der Waals surface area contributed by atoms with Crippen LogP contribution in [0.15, 0.2) is 35.7 Å². The van der Waals surface area contributed by atoms with Crippen LogP contribution in [0.2, 0.25) is 0 Å². The minimum absolute atomic E-state index is 0.345. The fraction of sp³-hybridized carbons (Fsp3) is 0.381. The van der Waals surface area contributed by atoms with E-state index in [1.54, 1.807) is 18.4 Å². The summed E-state index contributed by atoms with van der Waals surface area (Å²) >= 11 is 1.68. The smallest absolute Gasteiger partial charge is 0.124 e. The lowest BCUT2D eigenvalue weighted by Gasteiger charge is -2.14. The normalized spacial score (nSPS) is 17.0. The number of nitrogens with zero attached hydrogens (tertiary/aromatic N) is 2. The molecule has 1 saturated heterocycles. The molecule has 0 aliphatic carbocycles. The van der Waals surface area contributed by atoms with Crippen LogP contribution in [0, 0.1) is 13.8 Å². The van der Waals surface area contributed by atoms with Crippen LogP contribution < -0.4 is 4.74 Å². The highest BCUT2D eigenvalue weighted by Gasteiger charge is 2.20. The predicted molar refractivity (Wildman–Crippen MR) is 106 cm³/mol. The fourth-order valence-corrected chi connectivity index (χ4v) is 4.42. The summed E-state index contributed by atoms with van der Waals surface area (Å²) in [7, 11) is 1.68. The summed E-state index contributed by atoms with van der Waals surface area (Å²) in [5, 5.41) is 3.18. The third-order valence-corrected chi connectivity index (χ3v) is 5.99. The summed E-state index contributed by atoms with van der Waals surface area (Å²) in [4.78, 5) is 4.89. The largest absolute Gasteiger partial charge is 0.497 e. The van der Waals surface area contributed by atoms with Gasteiger partial charge in [-0.3, -0.25) is 0 Å². The van der Waals surface area contributed by atoms with E-state index in [1.165, 1.54) is 23.4 Å². The second kappa shape index (κ2) is 7.25. The van der Waals surface area contributed by atoms with Gasteiger partial charge in [-0.25, -0.2) is 4.98 Å². The molecule has 3 heterocycles. The third kappa shape index (κ3) is 3.29. The molecule has 0 spiro atoms. The first-order valence-corrected chi connectivity index (χ1v) is 9.92. The minimum Gasteiger partial charge on any atom is -0.497 e. The molecule has 5 heteroatoms. The van der Waals surface area contributed by atoms with E-state index < -0.39 is 0 Å². The van der Waals surface area contributed by atoms with Crippen LogP contribution in [0.4, 0.5) is 0 Å². The van der Waals surface area contributed by atoms with Crippen LogP contribution in [0.5, 0.6) is 5.75 Å². The van der Waals surface area contributed by atoms with E-state index in [-0.39, 0.29) is 0 Å². The Kier molecular flexibility index (Phi) is 4.83. The summed E-state index contributed by atoms with van der Waals surface area (Å²) in [6.07, 6.45) is 2.68. The van der Waals surface area contributed by atoms with Gasteiger partial charge in [0.05, 0.1) is 18.9 Å². The first-order valence-electron chi connectivity index (χ1n) is 9.04. The summed E-state index contributed by atoms with van der Waals surface area (Å²) in [6, 6.07) is 10.3. The van der Waals surface area contributed by atoms with Crippen LogP contribution in [-0.4, -0.2) is 29.4 Å². The topological polar surface area (TPSA) is 36.3 Å². The first-order chi connectivity index (χ1) is 12.7. The molecule has 1 atom stereocenters. The van der Waals surface area contributed by atoms with E-state index in [4.69, 9.17) is 14.5 Å². The number of benzene rings is 1. The molecule has 1 unspecified atom stereocenters. The van der Waals surface area contributed by atoms with Gasteiger partial charge in [-0.1, -0.05) is 0 Å². The van der Waals surface area contributed by atoms with Gasteiger partial charge in [0.15, 0.2) is 0 Å². The molecule has 1 fully saturated rings. The number of aryl methyl sites for hydroxylation is 1. The predicted octanol–water partition coefficient (Wildman–Crippen LogP) is 5.08. The Morgan fingerprint density at radius 1 is 1.27 bits per heavy atom. The molecule has 4 nitrogen and oxygen atoms in total. The molecule has 136 valence electrons. The van der Waals surface area contributed by atoms with Gasteiger partial charge in [-0.2, -0.15) is 0 Å². The van der Waals surface area contributed by atoms with Crippen LogP contribution in [0.1, 0.15) is 24.2 Å². The molecule has 0 amide bonds. The average molecular weight is 369 g/mol. The zero-order valence-electron chi connectivity index (χ0n) is 15.5. The van der Waals surface area contributed by atoms with E-state index in [0.717, 1.165) is 41.6 Å². The Hall–Kier alpha value is -2.11. The molecule has 1 aromatic carbocycles. The van der Waals surface area contributed by atoms with Gasteiger partial charge in [0.2, 0.25) is 0 Å². The molecular formula is C21H24N2O2S. The molecule has 0 bridgehead atoms. The lowest BCUT2D eigenvalue weighted by Crippen LogP contribution is -2.16. The Morgan fingerprint density at radius 2 is 2.08 bits per heavy atom. The van der Waals surface area contributed by atoms with Gasteiger partial charge in [0.1, 0.15) is 10.8 Å². The van der Waals surface area contributed by atoms with Crippen LogP contribution in [0.25, 0.3) is 21.8 Å². The van der Waals surface area contributed by atoms with Crippen LogP contribution >= 0.6 is 11.3 Å². The van der Waals surface area contributed by atoms with E-state index >= 15 is 0 Å². The molecule has 0 N–H and O–H groups in total. The SMILES string of the molecule is COc1ccc(-c2nc(-c3cc(C)n(CC4CCCO4)c3C)cs2)cc1. The summed E-state index contributed by atoms with van der Waals surface area (Å²) in [5.74, 6) is 0.864. The maximum absolute atomic E-state index is 5.82. The van der Waals surface area contributed by atoms with Crippen molar-refractivity contribution in [2.45, 2.75) is 39.3 Å². The van der Waals surface area contributed by atoms with E-state index in [0.29, 0.717) is 6.10 Å². The van der Waals surface area contributed by atoms with Crippen molar-refractivity contribution in [1.29, 1.82) is 0 Å². The molecule has 0 radical (unpaired) electrons. The molecule has 0 saturated carbocycles. The number of hydrogen-bond acceptors (Lipinski definition) is 4. The molecular weight excluding hydrogens is 344 g/mol. The molecule has 3 aromatic rings. The van der Waals surface area contributed by atoms with Crippen LogP contribution in [-0.2, 0) is 11.3 Å². The van der Waals surface area contributed by atoms with Gasteiger partial charge in [0.25, 0.3) is 0 Å². The maximum Gasteiger partial charge on any atom is 0.124 e. The number of aromatic nitrogens is 2. The second-order valence-corrected chi connectivity index (χ2v) is 7.65. The summed E-state index contributed by atoms with van der Waals surface area (Å²) < 4.78 is 13.4. The number of thiazole rings is 1. The quantitative estimate of drug-likeness (QED) is 0.630. The molecule has 4 rings (SSSR count). The summed E-state index contributed by atoms with van der Waals surface area (Å²) in [6.45, 7) is 6.19. The van der Waals surface area contributed by atoms with Crippen molar-refractivity contribution in [3.05, 3.63) is 47.1 Å². The van der Waals surface area contributed by atoms with Crippen molar-refractivity contribution in [3.8, 4) is 27.6 Å². The standard InChI is InChI=1S/C21H24N2O2S/c1-14-11-19(15(2)23(14)12-18-5-4-10-25-18)20-13-26-21(22-20)16-6-8-17(24-3)9-7-16/h6-9,11,13,18H,4-5,10,12H2,1-3H3. The molecule has 1 aliphatic heterocycles. The van der Waals surface area contributed by atoms with Gasteiger partial charge < -0.3 is 14.0 Å². The Balaban J connectivity index is 1.60. The maximum atomic E-state index is 5.82. The third-order valence-electron chi connectivity index (χ3n) is 5.10. The second-order valence-electron chi connectivity index (χ2n) is 6.80. The lowest BCUT2D eigenvalue weighted by molar-refractivity contribution is 0.0962. The number of rotatable bonds is 5. The van der Waals surface area contributed by atoms with Crippen molar-refractivity contribution in [1.82, 2.24) is 9.55 Å². The van der Waals surface area contributed by atoms with Crippen molar-refractivity contribution in [3.63, 3.8) is 0 Å². The number of methoxy groups -OCH3 is 1. The molecule has 26 heavy (non-hydrogen) atoms. The van der Waals surface area contributed by atoms with Crippen molar-refractivity contribution in [2.24, 2.45) is 0 Å². The van der Waals surface area contributed by atoms with E-state index in [9.17, 15) is 0 Å². The van der Waals surface area contributed by atoms with E-state index in [2.05, 4.69) is 42.0 Å². The van der Waals surface area contributed by atoms with Crippen molar-refractivity contribution < 1.29 is 9.47 Å². The van der Waals surface area contributed by atoms with Crippen LogP contribution in [0.3, 0.4) is 0 Å². The Bertz CT molecular complexity index is 889. The van der Waals surface area contributed by atoms with Crippen molar-refractivity contribution >= 4 is 11.3 Å². The summed E-state index contributed by atoms with van der Waals surface area (Å²) in [5.41, 5.74) is 5.93. The Labute approximate surface area is 158 Å². The Morgan fingerprint density at radius 3 is 2.77 bits per heavy atom. The van der Waals surface area contributed by atoms with Gasteiger partial charge in [-0.15, -0.1) is 11.3 Å². The minimum atomic E-state index is 0.345. The highest BCUT2D eigenvalue weighted by Crippen LogP contribution is 2.33. The highest BCUT2D eigenvalue weighted by molar-refractivity contribution is 7.13. The van der Waals surface area contributed by atoms with Gasteiger partial charge >= 0.3 is 0 Å². The zero-order valence-corrected chi connectivity index (χ0v) is 16.3. The lowest BCUT2D eigenvalue weighted by atomic mass is 10.2. The fourth-order valence-electron chi connectivity index (χ4n) is 3.60. The monoisotopic (exact) mass is 368 g/mol. The van der Waals surface area contributed by atoms with Gasteiger partial charge in [0, 0.05) is 41.0 Å². The molecule has 1 aliphatic rings. The van der Waals surface area contributed by atoms with E-state index in [1.807, 2.05) is 12.1 Å². The van der Waals surface area contributed by atoms with Crippen molar-refractivity contribution in [2.75, 3.05) is 13.7 Å². The zero-order chi connectivity index (χ0) is 18.1. The molecule has 2 aromatic heterocycles. The average Bonchev–Trinajstić information content (AvgIpc) is 3.39. The highest BCUT2D eigenvalue weighted by atomic mass is 32.1. The van der Waals surface area contributed by atoms with Gasteiger partial charge in [-0.05, 0) is 57.0 Å².